The van der Waals surface area contributed by atoms with Crippen LogP contribution in [0.2, 0.25) is 0 Å². The summed E-state index contributed by atoms with van der Waals surface area (Å²) >= 11 is 1.34. The van der Waals surface area contributed by atoms with Crippen LogP contribution in [-0.4, -0.2) is 25.8 Å². The second kappa shape index (κ2) is 4.46. The van der Waals surface area contributed by atoms with Crippen molar-refractivity contribution in [3.63, 3.8) is 0 Å². The van der Waals surface area contributed by atoms with Gasteiger partial charge in [-0.1, -0.05) is 0 Å². The Kier molecular flexibility index (Phi) is 3.01. The van der Waals surface area contributed by atoms with Crippen LogP contribution in [0.4, 0.5) is 5.69 Å². The summed E-state index contributed by atoms with van der Waals surface area (Å²) < 4.78 is 1.76. The molecule has 3 N–H and O–H groups in total. The Morgan fingerprint density at radius 1 is 1.53 bits per heavy atom. The molecule has 0 radical (unpaired) electrons. The molecule has 2 rings (SSSR count). The van der Waals surface area contributed by atoms with E-state index in [1.807, 2.05) is 7.05 Å². The van der Waals surface area contributed by atoms with Crippen molar-refractivity contribution in [2.45, 2.75) is 10.1 Å². The summed E-state index contributed by atoms with van der Waals surface area (Å²) in [5.74, 6) is -0.994. The molecule has 1 heterocycles. The van der Waals surface area contributed by atoms with E-state index < -0.39 is 5.97 Å². The highest BCUT2D eigenvalue weighted by Gasteiger charge is 2.09. The number of carboxylic acids is 1. The van der Waals surface area contributed by atoms with E-state index in [2.05, 4.69) is 10.2 Å². The van der Waals surface area contributed by atoms with E-state index in [1.165, 1.54) is 23.9 Å². The number of nitrogen functional groups attached to an aromatic ring is 1. The molecule has 88 valence electrons. The second-order valence-corrected chi connectivity index (χ2v) is 4.39. The van der Waals surface area contributed by atoms with Crippen LogP contribution in [0.25, 0.3) is 0 Å². The van der Waals surface area contributed by atoms with Gasteiger partial charge in [0.05, 0.1) is 5.56 Å². The highest BCUT2D eigenvalue weighted by Crippen LogP contribution is 2.30. The van der Waals surface area contributed by atoms with Crippen molar-refractivity contribution >= 4 is 23.4 Å². The Morgan fingerprint density at radius 3 is 2.82 bits per heavy atom. The molecule has 0 amide bonds. The monoisotopic (exact) mass is 250 g/mol. The molecule has 0 fully saturated rings. The number of nitrogens with two attached hydrogens (primary N) is 1. The van der Waals surface area contributed by atoms with Gasteiger partial charge in [0, 0.05) is 17.6 Å². The van der Waals surface area contributed by atoms with Crippen molar-refractivity contribution in [2.24, 2.45) is 7.05 Å². The molecule has 6 nitrogen and oxygen atoms in total. The van der Waals surface area contributed by atoms with Crippen molar-refractivity contribution < 1.29 is 9.90 Å². The lowest BCUT2D eigenvalue weighted by molar-refractivity contribution is 0.0697. The second-order valence-electron chi connectivity index (χ2n) is 3.38. The third kappa shape index (κ3) is 2.39. The average Bonchev–Trinajstić information content (AvgIpc) is 2.67. The summed E-state index contributed by atoms with van der Waals surface area (Å²) in [6.45, 7) is 0. The van der Waals surface area contributed by atoms with Gasteiger partial charge < -0.3 is 15.4 Å². The van der Waals surface area contributed by atoms with Gasteiger partial charge >= 0.3 is 5.97 Å². The minimum atomic E-state index is -0.994. The molecule has 1 aromatic carbocycles. The molecule has 2 aromatic rings. The molecule has 7 heteroatoms. The summed E-state index contributed by atoms with van der Waals surface area (Å²) in [4.78, 5) is 11.5. The number of carbonyl (C=O) groups is 1. The molecular formula is C10H10N4O2S. The molecule has 0 saturated carbocycles. The topological polar surface area (TPSA) is 94.0 Å². The van der Waals surface area contributed by atoms with Gasteiger partial charge in [-0.2, -0.15) is 0 Å². The van der Waals surface area contributed by atoms with Gasteiger partial charge in [0.2, 0.25) is 0 Å². The minimum absolute atomic E-state index is 0.171. The van der Waals surface area contributed by atoms with Crippen molar-refractivity contribution in [3.8, 4) is 0 Å². The summed E-state index contributed by atoms with van der Waals surface area (Å²) in [7, 11) is 1.82. The number of aryl methyl sites for hydroxylation is 1. The first kappa shape index (κ1) is 11.5. The Hall–Kier alpha value is -2.02. The first-order valence-electron chi connectivity index (χ1n) is 4.72. The molecule has 0 bridgehead atoms. The maximum Gasteiger partial charge on any atom is 0.335 e. The molecule has 0 spiro atoms. The number of anilines is 1. The van der Waals surface area contributed by atoms with Gasteiger partial charge in [-0.15, -0.1) is 10.2 Å². The van der Waals surface area contributed by atoms with Gasteiger partial charge in [0.15, 0.2) is 5.16 Å². The lowest BCUT2D eigenvalue weighted by Crippen LogP contribution is -1.99. The SMILES string of the molecule is Cn1cnnc1Sc1ccc(C(=O)O)cc1N. The molecule has 0 aliphatic rings. The zero-order valence-electron chi connectivity index (χ0n) is 8.99. The molecule has 0 aliphatic carbocycles. The van der Waals surface area contributed by atoms with E-state index in [9.17, 15) is 4.79 Å². The number of aromatic carboxylic acids is 1. The van der Waals surface area contributed by atoms with E-state index in [0.29, 0.717) is 10.8 Å². The van der Waals surface area contributed by atoms with Crippen LogP contribution >= 0.6 is 11.8 Å². The zero-order chi connectivity index (χ0) is 12.4. The summed E-state index contributed by atoms with van der Waals surface area (Å²) in [5, 5.41) is 17.2. The van der Waals surface area contributed by atoms with Crippen LogP contribution in [0.5, 0.6) is 0 Å². The standard InChI is InChI=1S/C10H10N4O2S/c1-14-5-12-13-10(14)17-8-3-2-6(9(15)16)4-7(8)11/h2-5H,11H2,1H3,(H,15,16). The van der Waals surface area contributed by atoms with Crippen LogP contribution in [0.3, 0.4) is 0 Å². The number of benzene rings is 1. The van der Waals surface area contributed by atoms with Crippen molar-refractivity contribution in [1.82, 2.24) is 14.8 Å². The fourth-order valence-electron chi connectivity index (χ4n) is 1.24. The van der Waals surface area contributed by atoms with Gasteiger partial charge in [0.25, 0.3) is 0 Å². The summed E-state index contributed by atoms with van der Waals surface area (Å²) in [5.41, 5.74) is 6.37. The zero-order valence-corrected chi connectivity index (χ0v) is 9.81. The van der Waals surface area contributed by atoms with Crippen LogP contribution in [0.1, 0.15) is 10.4 Å². The normalized spacial score (nSPS) is 10.4. The minimum Gasteiger partial charge on any atom is -0.478 e. The molecular weight excluding hydrogens is 240 g/mol. The average molecular weight is 250 g/mol. The van der Waals surface area contributed by atoms with Gasteiger partial charge in [-0.05, 0) is 30.0 Å². The number of rotatable bonds is 3. The summed E-state index contributed by atoms with van der Waals surface area (Å²) in [6.07, 6.45) is 1.59. The molecule has 17 heavy (non-hydrogen) atoms. The summed E-state index contributed by atoms with van der Waals surface area (Å²) in [6, 6.07) is 4.61. The van der Waals surface area contributed by atoms with E-state index >= 15 is 0 Å². The van der Waals surface area contributed by atoms with Crippen molar-refractivity contribution in [3.05, 3.63) is 30.1 Å². The fourth-order valence-corrected chi connectivity index (χ4v) is 2.03. The van der Waals surface area contributed by atoms with E-state index in [0.717, 1.165) is 4.90 Å². The number of hydrogen-bond donors (Lipinski definition) is 2. The molecule has 0 atom stereocenters. The lowest BCUT2D eigenvalue weighted by Gasteiger charge is -2.05. The van der Waals surface area contributed by atoms with Gasteiger partial charge in [-0.3, -0.25) is 0 Å². The number of hydrogen-bond acceptors (Lipinski definition) is 5. The van der Waals surface area contributed by atoms with Crippen molar-refractivity contribution in [1.29, 1.82) is 0 Å². The predicted molar refractivity (Wildman–Crippen MR) is 62.9 cm³/mol. The Morgan fingerprint density at radius 2 is 2.29 bits per heavy atom. The lowest BCUT2D eigenvalue weighted by atomic mass is 10.2. The Labute approximate surface area is 101 Å². The third-order valence-electron chi connectivity index (χ3n) is 2.13. The van der Waals surface area contributed by atoms with Gasteiger partial charge in [0.1, 0.15) is 6.33 Å². The molecule has 0 aliphatic heterocycles. The van der Waals surface area contributed by atoms with Crippen LogP contribution in [-0.2, 0) is 7.05 Å². The fraction of sp³-hybridized carbons (Fsp3) is 0.100. The number of carboxylic acid groups (broad SMARTS) is 1. The van der Waals surface area contributed by atoms with E-state index in [4.69, 9.17) is 10.8 Å². The maximum atomic E-state index is 10.7. The van der Waals surface area contributed by atoms with Crippen LogP contribution < -0.4 is 5.73 Å². The van der Waals surface area contributed by atoms with Gasteiger partial charge in [-0.25, -0.2) is 4.79 Å². The third-order valence-corrected chi connectivity index (χ3v) is 3.27. The van der Waals surface area contributed by atoms with E-state index in [-0.39, 0.29) is 5.56 Å². The number of nitrogens with zero attached hydrogens (tertiary/aromatic N) is 3. The molecule has 0 unspecified atom stereocenters. The first-order valence-corrected chi connectivity index (χ1v) is 5.54. The first-order chi connectivity index (χ1) is 8.08. The molecule has 1 aromatic heterocycles. The Balaban J connectivity index is 2.29. The smallest absolute Gasteiger partial charge is 0.335 e. The predicted octanol–water partition coefficient (Wildman–Crippen LogP) is 1.25. The quantitative estimate of drug-likeness (QED) is 0.796. The Bertz CT molecular complexity index is 567. The largest absolute Gasteiger partial charge is 0.478 e. The molecule has 0 saturated heterocycles. The van der Waals surface area contributed by atoms with Crippen molar-refractivity contribution in [2.75, 3.05) is 5.73 Å². The van der Waals surface area contributed by atoms with E-state index in [1.54, 1.807) is 17.0 Å². The van der Waals surface area contributed by atoms with Crippen LogP contribution in [0.15, 0.2) is 34.6 Å². The van der Waals surface area contributed by atoms with Crippen LogP contribution in [0, 0.1) is 0 Å². The highest BCUT2D eigenvalue weighted by atomic mass is 32.2. The number of aromatic nitrogens is 3. The highest BCUT2D eigenvalue weighted by molar-refractivity contribution is 7.99. The maximum absolute atomic E-state index is 10.7.